The molecule has 0 bridgehead atoms. The van der Waals surface area contributed by atoms with Crippen molar-refractivity contribution in [2.24, 2.45) is 13.0 Å². The number of nitrogens with zero attached hydrogens (tertiary/aromatic N) is 4. The Labute approximate surface area is 180 Å². The molecule has 9 nitrogen and oxygen atoms in total. The van der Waals surface area contributed by atoms with Crippen LogP contribution in [-0.4, -0.2) is 57.1 Å². The van der Waals surface area contributed by atoms with Gasteiger partial charge in [-0.25, -0.2) is 4.79 Å². The van der Waals surface area contributed by atoms with Gasteiger partial charge in [0.1, 0.15) is 33.5 Å². The lowest BCUT2D eigenvalue weighted by Crippen LogP contribution is -2.44. The number of halogens is 1. The van der Waals surface area contributed by atoms with Gasteiger partial charge in [-0.1, -0.05) is 16.8 Å². The van der Waals surface area contributed by atoms with E-state index in [1.807, 2.05) is 20.8 Å². The molecule has 3 rings (SSSR count). The average molecular weight is 438 g/mol. The van der Waals surface area contributed by atoms with Gasteiger partial charge in [-0.3, -0.25) is 9.48 Å². The lowest BCUT2D eigenvalue weighted by molar-refractivity contribution is 0.0502. The Balaban J connectivity index is 1.71. The Kier molecular flexibility index (Phi) is 6.40. The first-order valence-corrected chi connectivity index (χ1v) is 10.3. The molecular formula is C20H28ClN5O4. The number of likely N-dealkylation sites (tertiary alicyclic amines) is 1. The highest BCUT2D eigenvalue weighted by Gasteiger charge is 2.31. The molecule has 3 heterocycles. The van der Waals surface area contributed by atoms with E-state index in [2.05, 4.69) is 15.6 Å². The van der Waals surface area contributed by atoms with E-state index in [4.69, 9.17) is 20.9 Å². The van der Waals surface area contributed by atoms with Crippen molar-refractivity contribution >= 4 is 23.6 Å². The smallest absolute Gasteiger partial charge is 0.407 e. The minimum atomic E-state index is -0.550. The molecule has 1 N–H and O–H groups in total. The largest absolute Gasteiger partial charge is 0.444 e. The fraction of sp³-hybridized carbons (Fsp3) is 0.600. The minimum Gasteiger partial charge on any atom is -0.444 e. The Hall–Kier alpha value is -2.55. The maximum atomic E-state index is 13.3. The van der Waals surface area contributed by atoms with Crippen LogP contribution in [0, 0.1) is 12.8 Å². The molecule has 2 aromatic heterocycles. The number of ether oxygens (including phenoxy) is 1. The van der Waals surface area contributed by atoms with Crippen LogP contribution < -0.4 is 5.32 Å². The van der Waals surface area contributed by atoms with Gasteiger partial charge in [-0.2, -0.15) is 5.10 Å². The first-order valence-electron chi connectivity index (χ1n) is 9.97. The Morgan fingerprint density at radius 1 is 1.40 bits per heavy atom. The number of piperidine rings is 1. The molecule has 1 unspecified atom stereocenters. The molecule has 0 spiro atoms. The number of nitrogens with one attached hydrogen (secondary N) is 1. The van der Waals surface area contributed by atoms with Gasteiger partial charge in [0.2, 0.25) is 0 Å². The molecule has 0 aliphatic carbocycles. The summed E-state index contributed by atoms with van der Waals surface area (Å²) < 4.78 is 11.9. The van der Waals surface area contributed by atoms with Gasteiger partial charge < -0.3 is 19.5 Å². The number of aryl methyl sites for hydroxylation is 2. The number of hydrogen-bond acceptors (Lipinski definition) is 6. The molecule has 2 amide bonds. The third kappa shape index (κ3) is 5.13. The van der Waals surface area contributed by atoms with Gasteiger partial charge in [0.25, 0.3) is 5.91 Å². The van der Waals surface area contributed by atoms with Gasteiger partial charge in [0.15, 0.2) is 0 Å². The molecule has 0 aromatic carbocycles. The molecule has 1 atom stereocenters. The summed E-state index contributed by atoms with van der Waals surface area (Å²) in [7, 11) is 1.68. The summed E-state index contributed by atoms with van der Waals surface area (Å²) in [5.74, 6) is 0.547. The van der Waals surface area contributed by atoms with E-state index >= 15 is 0 Å². The number of hydrogen-bond donors (Lipinski definition) is 1. The summed E-state index contributed by atoms with van der Waals surface area (Å²) in [6.07, 6.45) is 1.29. The zero-order valence-electron chi connectivity index (χ0n) is 18.0. The van der Waals surface area contributed by atoms with Crippen molar-refractivity contribution < 1.29 is 18.8 Å². The first kappa shape index (κ1) is 22.1. The first-order chi connectivity index (χ1) is 14.0. The molecule has 164 valence electrons. The molecule has 0 radical (unpaired) electrons. The second-order valence-electron chi connectivity index (χ2n) is 8.60. The maximum absolute atomic E-state index is 13.3. The molecule has 2 aromatic rings. The van der Waals surface area contributed by atoms with Crippen molar-refractivity contribution in [1.29, 1.82) is 0 Å². The fourth-order valence-electron chi connectivity index (χ4n) is 3.47. The SMILES string of the molecule is Cc1cc(-c2nn(C)c(Cl)c2C(=O)N2CCCC(CNC(=O)OC(C)(C)C)C2)no1. The van der Waals surface area contributed by atoms with Crippen LogP contribution in [0.2, 0.25) is 5.15 Å². The molecule has 1 aliphatic rings. The standard InChI is InChI=1S/C20H28ClN5O4/c1-12-9-14(24-30-12)16-15(17(21)25(5)23-16)18(27)26-8-6-7-13(11-26)10-22-19(28)29-20(2,3)4/h9,13H,6-8,10-11H2,1-5H3,(H,22,28). The highest BCUT2D eigenvalue weighted by molar-refractivity contribution is 6.33. The zero-order valence-corrected chi connectivity index (χ0v) is 18.7. The second-order valence-corrected chi connectivity index (χ2v) is 8.96. The molecule has 1 saturated heterocycles. The van der Waals surface area contributed by atoms with Crippen molar-refractivity contribution in [2.75, 3.05) is 19.6 Å². The van der Waals surface area contributed by atoms with Crippen LogP contribution in [-0.2, 0) is 11.8 Å². The van der Waals surface area contributed by atoms with Crippen molar-refractivity contribution in [1.82, 2.24) is 25.2 Å². The van der Waals surface area contributed by atoms with Crippen LogP contribution >= 0.6 is 11.6 Å². The van der Waals surface area contributed by atoms with E-state index in [1.165, 1.54) is 4.68 Å². The summed E-state index contributed by atoms with van der Waals surface area (Å²) >= 11 is 6.41. The van der Waals surface area contributed by atoms with Crippen LogP contribution in [0.15, 0.2) is 10.6 Å². The van der Waals surface area contributed by atoms with Crippen LogP contribution in [0.1, 0.15) is 49.7 Å². The van der Waals surface area contributed by atoms with Gasteiger partial charge in [-0.15, -0.1) is 0 Å². The number of carbonyl (C=O) groups is 2. The monoisotopic (exact) mass is 437 g/mol. The van der Waals surface area contributed by atoms with Crippen LogP contribution in [0.3, 0.4) is 0 Å². The number of rotatable bonds is 4. The van der Waals surface area contributed by atoms with Gasteiger partial charge in [0, 0.05) is 32.7 Å². The Bertz CT molecular complexity index is 930. The number of alkyl carbamates (subject to hydrolysis) is 1. The van der Waals surface area contributed by atoms with Gasteiger partial charge in [-0.05, 0) is 46.5 Å². The second kappa shape index (κ2) is 8.67. The van der Waals surface area contributed by atoms with Gasteiger partial charge >= 0.3 is 6.09 Å². The minimum absolute atomic E-state index is 0.128. The van der Waals surface area contributed by atoms with Crippen LogP contribution in [0.5, 0.6) is 0 Å². The number of amides is 2. The molecular weight excluding hydrogens is 410 g/mol. The summed E-state index contributed by atoms with van der Waals surface area (Å²) in [6.45, 7) is 8.79. The number of aromatic nitrogens is 3. The zero-order chi connectivity index (χ0) is 22.1. The quantitative estimate of drug-likeness (QED) is 0.786. The van der Waals surface area contributed by atoms with Gasteiger partial charge in [0.05, 0.1) is 0 Å². The van der Waals surface area contributed by atoms with Crippen molar-refractivity contribution in [3.05, 3.63) is 22.5 Å². The highest BCUT2D eigenvalue weighted by Crippen LogP contribution is 2.30. The third-order valence-electron chi connectivity index (χ3n) is 4.80. The van der Waals surface area contributed by atoms with E-state index in [1.54, 1.807) is 24.9 Å². The Morgan fingerprint density at radius 3 is 2.77 bits per heavy atom. The normalized spacial score (nSPS) is 17.1. The average Bonchev–Trinajstić information content (AvgIpc) is 3.22. The topological polar surface area (TPSA) is 102 Å². The van der Waals surface area contributed by atoms with E-state index < -0.39 is 11.7 Å². The van der Waals surface area contributed by atoms with Crippen LogP contribution in [0.4, 0.5) is 4.79 Å². The van der Waals surface area contributed by atoms with E-state index in [0.717, 1.165) is 12.8 Å². The summed E-state index contributed by atoms with van der Waals surface area (Å²) in [6, 6.07) is 1.72. The predicted octanol–water partition coefficient (Wildman–Crippen LogP) is 3.41. The van der Waals surface area contributed by atoms with Crippen molar-refractivity contribution in [3.63, 3.8) is 0 Å². The summed E-state index contributed by atoms with van der Waals surface area (Å²) in [5.41, 5.74) is 0.635. The Morgan fingerprint density at radius 2 is 2.13 bits per heavy atom. The lowest BCUT2D eigenvalue weighted by atomic mass is 9.97. The fourth-order valence-corrected chi connectivity index (χ4v) is 3.67. The molecule has 0 saturated carbocycles. The molecule has 10 heteroatoms. The van der Waals surface area contributed by atoms with Crippen molar-refractivity contribution in [2.45, 2.75) is 46.1 Å². The molecule has 30 heavy (non-hydrogen) atoms. The lowest BCUT2D eigenvalue weighted by Gasteiger charge is -2.33. The van der Waals surface area contributed by atoms with Crippen LogP contribution in [0.25, 0.3) is 11.4 Å². The van der Waals surface area contributed by atoms with E-state index in [-0.39, 0.29) is 17.0 Å². The number of carbonyl (C=O) groups excluding carboxylic acids is 2. The van der Waals surface area contributed by atoms with E-state index in [0.29, 0.717) is 42.3 Å². The molecule has 1 fully saturated rings. The van der Waals surface area contributed by atoms with Crippen molar-refractivity contribution in [3.8, 4) is 11.4 Å². The highest BCUT2D eigenvalue weighted by atomic mass is 35.5. The summed E-state index contributed by atoms with van der Waals surface area (Å²) in [4.78, 5) is 27.0. The predicted molar refractivity (Wildman–Crippen MR) is 111 cm³/mol. The molecule has 1 aliphatic heterocycles. The maximum Gasteiger partial charge on any atom is 0.407 e. The third-order valence-corrected chi connectivity index (χ3v) is 5.24. The summed E-state index contributed by atoms with van der Waals surface area (Å²) in [5, 5.41) is 11.4. The van der Waals surface area contributed by atoms with E-state index in [9.17, 15) is 9.59 Å².